The first kappa shape index (κ1) is 14.5. The van der Waals surface area contributed by atoms with Crippen LogP contribution < -0.4 is 0 Å². The molecule has 0 aliphatic heterocycles. The Labute approximate surface area is 115 Å². The van der Waals surface area contributed by atoms with Gasteiger partial charge in [-0.2, -0.15) is 0 Å². The molecule has 1 aromatic rings. The molecular weight excluding hydrogens is 242 g/mol. The minimum absolute atomic E-state index is 0.225. The van der Waals surface area contributed by atoms with Crippen LogP contribution in [0.1, 0.15) is 69.4 Å². The summed E-state index contributed by atoms with van der Waals surface area (Å²) in [5, 5.41) is 0. The molecule has 0 spiro atoms. The van der Waals surface area contributed by atoms with Crippen LogP contribution in [0.5, 0.6) is 0 Å². The van der Waals surface area contributed by atoms with Crippen LogP contribution in [0.4, 0.5) is 8.78 Å². The summed E-state index contributed by atoms with van der Waals surface area (Å²) < 4.78 is 27.6. The van der Waals surface area contributed by atoms with Gasteiger partial charge in [-0.15, -0.1) is 0 Å². The van der Waals surface area contributed by atoms with Crippen molar-refractivity contribution in [3.05, 3.63) is 34.9 Å². The molecule has 1 aliphatic rings. The van der Waals surface area contributed by atoms with Crippen LogP contribution >= 0.6 is 0 Å². The summed E-state index contributed by atoms with van der Waals surface area (Å²) in [7, 11) is 0. The molecule has 0 saturated heterocycles. The van der Waals surface area contributed by atoms with E-state index in [1.54, 1.807) is 19.1 Å². The highest BCUT2D eigenvalue weighted by atomic mass is 19.1. The predicted octanol–water partition coefficient (Wildman–Crippen LogP) is 5.60. The van der Waals surface area contributed by atoms with Crippen molar-refractivity contribution in [2.75, 3.05) is 0 Å². The fourth-order valence-corrected chi connectivity index (χ4v) is 3.39. The molecule has 1 saturated carbocycles. The van der Waals surface area contributed by atoms with E-state index in [0.717, 1.165) is 24.3 Å². The Kier molecular flexibility index (Phi) is 4.95. The minimum Gasteiger partial charge on any atom is -0.207 e. The molecule has 1 aromatic carbocycles. The standard InChI is InChI=1S/C17H24F2/c1-3-5-12-6-8-13(9-7-12)14-10-16(18)15(4-2)17(19)11-14/h10-13H,3-9H2,1-2H3/t12-,13-. The Balaban J connectivity index is 2.07. The smallest absolute Gasteiger partial charge is 0.129 e. The number of hydrogen-bond donors (Lipinski definition) is 0. The van der Waals surface area contributed by atoms with Crippen LogP contribution in [0.25, 0.3) is 0 Å². The normalized spacial score (nSPS) is 23.6. The first-order valence-electron chi connectivity index (χ1n) is 7.63. The highest BCUT2D eigenvalue weighted by Crippen LogP contribution is 2.38. The Morgan fingerprint density at radius 1 is 1.00 bits per heavy atom. The molecule has 0 amide bonds. The molecule has 1 aliphatic carbocycles. The predicted molar refractivity (Wildman–Crippen MR) is 75.3 cm³/mol. The van der Waals surface area contributed by atoms with Crippen molar-refractivity contribution in [1.29, 1.82) is 0 Å². The van der Waals surface area contributed by atoms with Crippen molar-refractivity contribution in [2.45, 2.75) is 64.7 Å². The molecule has 0 aromatic heterocycles. The number of benzene rings is 1. The van der Waals surface area contributed by atoms with E-state index in [-0.39, 0.29) is 17.2 Å². The van der Waals surface area contributed by atoms with E-state index >= 15 is 0 Å². The molecule has 106 valence electrons. The average Bonchev–Trinajstić information content (AvgIpc) is 2.39. The molecule has 2 heteroatoms. The maximum absolute atomic E-state index is 13.8. The third-order valence-electron chi connectivity index (χ3n) is 4.53. The lowest BCUT2D eigenvalue weighted by Gasteiger charge is -2.28. The Hall–Kier alpha value is -0.920. The van der Waals surface area contributed by atoms with E-state index in [1.807, 2.05) is 0 Å². The van der Waals surface area contributed by atoms with Gasteiger partial charge in [-0.1, -0.05) is 26.7 Å². The summed E-state index contributed by atoms with van der Waals surface area (Å²) in [6, 6.07) is 3.12. The van der Waals surface area contributed by atoms with Gasteiger partial charge >= 0.3 is 0 Å². The van der Waals surface area contributed by atoms with E-state index in [2.05, 4.69) is 6.92 Å². The molecule has 0 nitrogen and oxygen atoms in total. The van der Waals surface area contributed by atoms with Crippen LogP contribution in [0.2, 0.25) is 0 Å². The van der Waals surface area contributed by atoms with Gasteiger partial charge in [0.1, 0.15) is 11.6 Å². The van der Waals surface area contributed by atoms with Gasteiger partial charge in [0.2, 0.25) is 0 Å². The lowest BCUT2D eigenvalue weighted by atomic mass is 9.77. The fourth-order valence-electron chi connectivity index (χ4n) is 3.39. The molecule has 1 fully saturated rings. The van der Waals surface area contributed by atoms with Crippen molar-refractivity contribution in [3.8, 4) is 0 Å². The highest BCUT2D eigenvalue weighted by Gasteiger charge is 2.23. The zero-order valence-corrected chi connectivity index (χ0v) is 12.0. The topological polar surface area (TPSA) is 0 Å². The second kappa shape index (κ2) is 6.49. The SMILES string of the molecule is CCC[C@H]1CC[C@H](c2cc(F)c(CC)c(F)c2)CC1. The van der Waals surface area contributed by atoms with Gasteiger partial charge in [-0.3, -0.25) is 0 Å². The van der Waals surface area contributed by atoms with Gasteiger partial charge in [0.15, 0.2) is 0 Å². The molecule has 2 rings (SSSR count). The summed E-state index contributed by atoms with van der Waals surface area (Å²) in [6.45, 7) is 4.01. The molecular formula is C17H24F2. The minimum atomic E-state index is -0.367. The number of halogens is 2. The largest absolute Gasteiger partial charge is 0.207 e. The fraction of sp³-hybridized carbons (Fsp3) is 0.647. The van der Waals surface area contributed by atoms with E-state index in [0.29, 0.717) is 12.3 Å². The summed E-state index contributed by atoms with van der Waals surface area (Å²) in [6.07, 6.45) is 7.52. The lowest BCUT2D eigenvalue weighted by molar-refractivity contribution is 0.307. The maximum Gasteiger partial charge on any atom is 0.129 e. The van der Waals surface area contributed by atoms with Crippen molar-refractivity contribution in [1.82, 2.24) is 0 Å². The van der Waals surface area contributed by atoms with E-state index < -0.39 is 0 Å². The first-order valence-corrected chi connectivity index (χ1v) is 7.63. The summed E-state index contributed by atoms with van der Waals surface area (Å²) >= 11 is 0. The van der Waals surface area contributed by atoms with Crippen LogP contribution in [-0.2, 0) is 6.42 Å². The Morgan fingerprint density at radius 3 is 2.05 bits per heavy atom. The van der Waals surface area contributed by atoms with Crippen LogP contribution in [0.3, 0.4) is 0 Å². The maximum atomic E-state index is 13.8. The van der Waals surface area contributed by atoms with Crippen molar-refractivity contribution in [2.24, 2.45) is 5.92 Å². The third-order valence-corrected chi connectivity index (χ3v) is 4.53. The van der Waals surface area contributed by atoms with E-state index in [1.165, 1.54) is 25.7 Å². The second-order valence-electron chi connectivity index (χ2n) is 5.82. The van der Waals surface area contributed by atoms with Gasteiger partial charge in [0, 0.05) is 5.56 Å². The van der Waals surface area contributed by atoms with Gasteiger partial charge in [0.25, 0.3) is 0 Å². The first-order chi connectivity index (χ1) is 9.15. The molecule has 19 heavy (non-hydrogen) atoms. The van der Waals surface area contributed by atoms with Crippen molar-refractivity contribution in [3.63, 3.8) is 0 Å². The Morgan fingerprint density at radius 2 is 1.58 bits per heavy atom. The lowest BCUT2D eigenvalue weighted by Crippen LogP contribution is -2.14. The summed E-state index contributed by atoms with van der Waals surface area (Å²) in [4.78, 5) is 0. The zero-order valence-electron chi connectivity index (χ0n) is 12.0. The van der Waals surface area contributed by atoms with Gasteiger partial charge in [-0.25, -0.2) is 8.78 Å². The van der Waals surface area contributed by atoms with Crippen LogP contribution in [-0.4, -0.2) is 0 Å². The quantitative estimate of drug-likeness (QED) is 0.665. The molecule has 0 N–H and O–H groups in total. The van der Waals surface area contributed by atoms with Crippen molar-refractivity contribution >= 4 is 0 Å². The van der Waals surface area contributed by atoms with Gasteiger partial charge < -0.3 is 0 Å². The van der Waals surface area contributed by atoms with Gasteiger partial charge in [-0.05, 0) is 61.6 Å². The van der Waals surface area contributed by atoms with Crippen LogP contribution in [0.15, 0.2) is 12.1 Å². The number of rotatable bonds is 4. The van der Waals surface area contributed by atoms with Crippen molar-refractivity contribution < 1.29 is 8.78 Å². The second-order valence-corrected chi connectivity index (χ2v) is 5.82. The monoisotopic (exact) mass is 266 g/mol. The molecule has 0 unspecified atom stereocenters. The van der Waals surface area contributed by atoms with E-state index in [9.17, 15) is 8.78 Å². The van der Waals surface area contributed by atoms with Gasteiger partial charge in [0.05, 0.1) is 0 Å². The van der Waals surface area contributed by atoms with E-state index in [4.69, 9.17) is 0 Å². The summed E-state index contributed by atoms with van der Waals surface area (Å²) in [5.41, 5.74) is 1.09. The highest BCUT2D eigenvalue weighted by molar-refractivity contribution is 5.29. The third kappa shape index (κ3) is 3.34. The molecule has 0 radical (unpaired) electrons. The number of hydrogen-bond acceptors (Lipinski definition) is 0. The molecule has 0 atom stereocenters. The summed E-state index contributed by atoms with van der Waals surface area (Å²) in [5.74, 6) is 0.440. The average molecular weight is 266 g/mol. The molecule has 0 bridgehead atoms. The zero-order chi connectivity index (χ0) is 13.8. The van der Waals surface area contributed by atoms with Crippen LogP contribution in [0, 0.1) is 17.6 Å². The Bertz CT molecular complexity index is 394. The molecule has 0 heterocycles.